The van der Waals surface area contributed by atoms with Crippen molar-refractivity contribution in [2.45, 2.75) is 0 Å². The van der Waals surface area contributed by atoms with Crippen molar-refractivity contribution >= 4 is 25.0 Å². The Labute approximate surface area is 71.8 Å². The van der Waals surface area contributed by atoms with Crippen LogP contribution >= 0.6 is 0 Å². The van der Waals surface area contributed by atoms with Crippen molar-refractivity contribution < 1.29 is 9.90 Å². The fraction of sp³-hybridized carbons (Fsp3) is 0.125. The van der Waals surface area contributed by atoms with Crippen molar-refractivity contribution in [2.24, 2.45) is 0 Å². The number of carboxylic acids is 1. The Morgan fingerprint density at radius 3 is 2.67 bits per heavy atom. The standard InChI is InChI=1S/C8H10BNO2/c1-10-7-3-5(8(11)12)2-6(9)4-7/h2-4,10H,9H2,1H3,(H,11,12). The Bertz CT molecular complexity index is 312. The molecule has 0 atom stereocenters. The zero-order valence-corrected chi connectivity index (χ0v) is 7.09. The van der Waals surface area contributed by atoms with Crippen LogP contribution in [0.2, 0.25) is 0 Å². The van der Waals surface area contributed by atoms with E-state index in [0.29, 0.717) is 5.56 Å². The molecule has 0 bridgehead atoms. The summed E-state index contributed by atoms with van der Waals surface area (Å²) in [5.74, 6) is -0.893. The summed E-state index contributed by atoms with van der Waals surface area (Å²) in [5, 5.41) is 11.6. The van der Waals surface area contributed by atoms with Crippen molar-refractivity contribution in [3.63, 3.8) is 0 Å². The minimum atomic E-state index is -0.893. The molecule has 0 radical (unpaired) electrons. The summed E-state index contributed by atoms with van der Waals surface area (Å²) in [4.78, 5) is 10.6. The third-order valence-corrected chi connectivity index (χ3v) is 1.61. The quantitative estimate of drug-likeness (QED) is 0.587. The van der Waals surface area contributed by atoms with Gasteiger partial charge < -0.3 is 10.4 Å². The maximum Gasteiger partial charge on any atom is 0.335 e. The van der Waals surface area contributed by atoms with Crippen LogP contribution in [0.4, 0.5) is 5.69 Å². The van der Waals surface area contributed by atoms with Gasteiger partial charge in [0, 0.05) is 12.7 Å². The van der Waals surface area contributed by atoms with Crippen molar-refractivity contribution in [3.8, 4) is 0 Å². The molecular weight excluding hydrogens is 153 g/mol. The lowest BCUT2D eigenvalue weighted by Gasteiger charge is -2.03. The van der Waals surface area contributed by atoms with Crippen LogP contribution in [0.1, 0.15) is 10.4 Å². The fourth-order valence-corrected chi connectivity index (χ4v) is 1.05. The molecule has 0 heterocycles. The van der Waals surface area contributed by atoms with Crippen LogP contribution in [0.3, 0.4) is 0 Å². The molecule has 0 amide bonds. The predicted octanol–water partition coefficient (Wildman–Crippen LogP) is -0.315. The highest BCUT2D eigenvalue weighted by Crippen LogP contribution is 2.07. The molecule has 0 saturated carbocycles. The van der Waals surface area contributed by atoms with Gasteiger partial charge in [0.25, 0.3) is 0 Å². The van der Waals surface area contributed by atoms with Gasteiger partial charge in [-0.2, -0.15) is 0 Å². The van der Waals surface area contributed by atoms with Gasteiger partial charge in [0.15, 0.2) is 0 Å². The first-order valence-electron chi connectivity index (χ1n) is 3.66. The molecule has 0 saturated heterocycles. The summed E-state index contributed by atoms with van der Waals surface area (Å²) < 4.78 is 0. The Morgan fingerprint density at radius 1 is 1.50 bits per heavy atom. The first kappa shape index (κ1) is 8.65. The molecule has 0 aliphatic heterocycles. The molecule has 62 valence electrons. The Balaban J connectivity index is 3.15. The molecule has 1 rings (SSSR count). The van der Waals surface area contributed by atoms with E-state index in [9.17, 15) is 4.79 Å². The highest BCUT2D eigenvalue weighted by molar-refractivity contribution is 6.33. The SMILES string of the molecule is Bc1cc(NC)cc(C(=O)O)c1. The van der Waals surface area contributed by atoms with E-state index < -0.39 is 5.97 Å². The number of hydrogen-bond donors (Lipinski definition) is 2. The molecule has 0 aliphatic carbocycles. The minimum absolute atomic E-state index is 0.319. The number of aromatic carboxylic acids is 1. The summed E-state index contributed by atoms with van der Waals surface area (Å²) in [5.41, 5.74) is 2.09. The smallest absolute Gasteiger partial charge is 0.335 e. The topological polar surface area (TPSA) is 49.3 Å². The van der Waals surface area contributed by atoms with Crippen LogP contribution in [-0.4, -0.2) is 26.0 Å². The predicted molar refractivity (Wildman–Crippen MR) is 51.1 cm³/mol. The van der Waals surface area contributed by atoms with E-state index in [1.54, 1.807) is 19.2 Å². The van der Waals surface area contributed by atoms with Gasteiger partial charge in [-0.15, -0.1) is 0 Å². The monoisotopic (exact) mass is 163 g/mol. The van der Waals surface area contributed by atoms with Gasteiger partial charge in [0.1, 0.15) is 7.85 Å². The lowest BCUT2D eigenvalue weighted by atomic mass is 9.93. The van der Waals surface area contributed by atoms with Gasteiger partial charge in [-0.25, -0.2) is 4.79 Å². The van der Waals surface area contributed by atoms with Gasteiger partial charge in [0.2, 0.25) is 0 Å². The molecule has 3 nitrogen and oxygen atoms in total. The Hall–Kier alpha value is -1.45. The van der Waals surface area contributed by atoms with E-state index >= 15 is 0 Å². The third kappa shape index (κ3) is 1.78. The van der Waals surface area contributed by atoms with Crippen LogP contribution in [-0.2, 0) is 0 Å². The van der Waals surface area contributed by atoms with Crippen LogP contribution in [0.25, 0.3) is 0 Å². The van der Waals surface area contributed by atoms with Gasteiger partial charge >= 0.3 is 5.97 Å². The molecular formula is C8H10BNO2. The highest BCUT2D eigenvalue weighted by Gasteiger charge is 2.03. The Kier molecular flexibility index (Phi) is 2.38. The summed E-state index contributed by atoms with van der Waals surface area (Å²) in [6.07, 6.45) is 0. The molecule has 1 aromatic carbocycles. The van der Waals surface area contributed by atoms with Crippen molar-refractivity contribution in [1.29, 1.82) is 0 Å². The molecule has 1 aromatic rings. The largest absolute Gasteiger partial charge is 0.478 e. The van der Waals surface area contributed by atoms with E-state index in [1.807, 2.05) is 13.9 Å². The second-order valence-electron chi connectivity index (χ2n) is 2.64. The summed E-state index contributed by atoms with van der Waals surface area (Å²) in [6.45, 7) is 0. The fourth-order valence-electron chi connectivity index (χ4n) is 1.05. The van der Waals surface area contributed by atoms with Crippen molar-refractivity contribution in [3.05, 3.63) is 23.8 Å². The highest BCUT2D eigenvalue weighted by atomic mass is 16.4. The number of carboxylic acid groups (broad SMARTS) is 1. The van der Waals surface area contributed by atoms with E-state index in [4.69, 9.17) is 5.11 Å². The maximum atomic E-state index is 10.6. The average Bonchev–Trinajstić information content (AvgIpc) is 2.03. The molecule has 4 heteroatoms. The molecule has 0 fully saturated rings. The maximum absolute atomic E-state index is 10.6. The third-order valence-electron chi connectivity index (χ3n) is 1.61. The van der Waals surface area contributed by atoms with Crippen LogP contribution in [0, 0.1) is 0 Å². The second-order valence-corrected chi connectivity index (χ2v) is 2.64. The van der Waals surface area contributed by atoms with E-state index in [-0.39, 0.29) is 0 Å². The molecule has 0 spiro atoms. The van der Waals surface area contributed by atoms with Gasteiger partial charge in [0.05, 0.1) is 5.56 Å². The number of anilines is 1. The zero-order chi connectivity index (χ0) is 9.14. The number of rotatable bonds is 2. The number of nitrogens with one attached hydrogen (secondary N) is 1. The number of benzene rings is 1. The number of hydrogen-bond acceptors (Lipinski definition) is 2. The van der Waals surface area contributed by atoms with Gasteiger partial charge in [-0.3, -0.25) is 0 Å². The lowest BCUT2D eigenvalue weighted by molar-refractivity contribution is 0.0697. The van der Waals surface area contributed by atoms with E-state index in [2.05, 4.69) is 5.32 Å². The van der Waals surface area contributed by atoms with E-state index in [1.165, 1.54) is 0 Å². The van der Waals surface area contributed by atoms with Crippen LogP contribution in [0.5, 0.6) is 0 Å². The second kappa shape index (κ2) is 3.30. The molecule has 0 aliphatic rings. The molecule has 0 unspecified atom stereocenters. The van der Waals surface area contributed by atoms with Crippen LogP contribution in [0.15, 0.2) is 18.2 Å². The van der Waals surface area contributed by atoms with Gasteiger partial charge in [-0.05, 0) is 12.1 Å². The summed E-state index contributed by atoms with van der Waals surface area (Å²) in [7, 11) is 3.63. The summed E-state index contributed by atoms with van der Waals surface area (Å²) >= 11 is 0. The molecule has 12 heavy (non-hydrogen) atoms. The zero-order valence-electron chi connectivity index (χ0n) is 7.09. The van der Waals surface area contributed by atoms with Crippen molar-refractivity contribution in [1.82, 2.24) is 0 Å². The first-order valence-corrected chi connectivity index (χ1v) is 3.66. The van der Waals surface area contributed by atoms with Crippen molar-refractivity contribution in [2.75, 3.05) is 12.4 Å². The number of carbonyl (C=O) groups is 1. The van der Waals surface area contributed by atoms with Gasteiger partial charge in [-0.1, -0.05) is 11.5 Å². The lowest BCUT2D eigenvalue weighted by Crippen LogP contribution is -2.08. The van der Waals surface area contributed by atoms with Crippen LogP contribution < -0.4 is 10.8 Å². The average molecular weight is 163 g/mol. The molecule has 2 N–H and O–H groups in total. The first-order chi connectivity index (χ1) is 5.63. The molecule has 0 aromatic heterocycles. The normalized spacial score (nSPS) is 9.42. The minimum Gasteiger partial charge on any atom is -0.478 e. The van der Waals surface area contributed by atoms with E-state index in [0.717, 1.165) is 11.2 Å². The Morgan fingerprint density at radius 2 is 2.17 bits per heavy atom. The summed E-state index contributed by atoms with van der Waals surface area (Å²) in [6, 6.07) is 5.14.